The highest BCUT2D eigenvalue weighted by Crippen LogP contribution is 2.18. The molecule has 2 atom stereocenters. The van der Waals surface area contributed by atoms with Gasteiger partial charge in [0.25, 0.3) is 10.1 Å². The third-order valence-corrected chi connectivity index (χ3v) is 4.50. The molecule has 5 heteroatoms. The van der Waals surface area contributed by atoms with E-state index in [-0.39, 0.29) is 6.42 Å². The lowest BCUT2D eigenvalue weighted by molar-refractivity contribution is 0.147. The average molecular weight is 280 g/mol. The number of aliphatic hydroxyl groups is 1. The van der Waals surface area contributed by atoms with E-state index in [1.807, 2.05) is 6.92 Å². The predicted octanol–water partition coefficient (Wildman–Crippen LogP) is 3.15. The van der Waals surface area contributed by atoms with Crippen molar-refractivity contribution >= 4 is 10.1 Å². The number of hydrogen-bond acceptors (Lipinski definition) is 3. The molecule has 0 aromatic heterocycles. The topological polar surface area (TPSA) is 74.6 Å². The molecule has 0 amide bonds. The summed E-state index contributed by atoms with van der Waals surface area (Å²) in [5, 5.41) is 8.94. The van der Waals surface area contributed by atoms with E-state index in [4.69, 9.17) is 4.55 Å². The van der Waals surface area contributed by atoms with Gasteiger partial charge in [0.15, 0.2) is 0 Å². The zero-order valence-corrected chi connectivity index (χ0v) is 12.5. The van der Waals surface area contributed by atoms with Crippen molar-refractivity contribution in [1.29, 1.82) is 0 Å². The Bertz CT molecular complexity index is 287. The van der Waals surface area contributed by atoms with E-state index >= 15 is 0 Å². The van der Waals surface area contributed by atoms with E-state index < -0.39 is 21.5 Å². The van der Waals surface area contributed by atoms with Gasteiger partial charge in [-0.05, 0) is 19.3 Å². The molecule has 0 aliphatic heterocycles. The molecule has 0 heterocycles. The summed E-state index contributed by atoms with van der Waals surface area (Å²) in [6.07, 6.45) is 6.39. The van der Waals surface area contributed by atoms with Crippen LogP contribution in [0.5, 0.6) is 0 Å². The molecule has 0 saturated heterocycles. The van der Waals surface area contributed by atoms with Gasteiger partial charge in [0.05, 0.1) is 11.4 Å². The van der Waals surface area contributed by atoms with E-state index in [2.05, 4.69) is 6.92 Å². The van der Waals surface area contributed by atoms with Crippen LogP contribution in [0.2, 0.25) is 0 Å². The first-order valence-corrected chi connectivity index (χ1v) is 8.56. The summed E-state index contributed by atoms with van der Waals surface area (Å²) in [5.74, 6) is 0. The van der Waals surface area contributed by atoms with Crippen molar-refractivity contribution in [3.05, 3.63) is 0 Å². The molecule has 0 aromatic rings. The Balaban J connectivity index is 4.16. The second-order valence-corrected chi connectivity index (χ2v) is 6.71. The van der Waals surface area contributed by atoms with Crippen molar-refractivity contribution in [2.24, 2.45) is 0 Å². The van der Waals surface area contributed by atoms with Crippen molar-refractivity contribution in [3.8, 4) is 0 Å². The van der Waals surface area contributed by atoms with Crippen LogP contribution in [0.15, 0.2) is 0 Å². The minimum Gasteiger partial charge on any atom is -0.393 e. The number of rotatable bonds is 11. The molecule has 0 rings (SSSR count). The monoisotopic (exact) mass is 280 g/mol. The van der Waals surface area contributed by atoms with E-state index in [1.165, 1.54) is 0 Å². The zero-order valence-electron chi connectivity index (χ0n) is 11.6. The first kappa shape index (κ1) is 17.9. The molecule has 0 radical (unpaired) electrons. The molecule has 2 N–H and O–H groups in total. The summed E-state index contributed by atoms with van der Waals surface area (Å²) < 4.78 is 31.7. The van der Waals surface area contributed by atoms with Gasteiger partial charge in [0.2, 0.25) is 0 Å². The molecule has 0 spiro atoms. The number of aliphatic hydroxyl groups excluding tert-OH is 1. The summed E-state index contributed by atoms with van der Waals surface area (Å²) in [6.45, 7) is 4.12. The fourth-order valence-electron chi connectivity index (χ4n) is 2.05. The highest BCUT2D eigenvalue weighted by Gasteiger charge is 2.25. The van der Waals surface area contributed by atoms with E-state index in [0.717, 1.165) is 38.5 Å². The van der Waals surface area contributed by atoms with Crippen LogP contribution >= 0.6 is 0 Å². The summed E-state index contributed by atoms with van der Waals surface area (Å²) in [7, 11) is -4.03. The largest absolute Gasteiger partial charge is 0.393 e. The Hall–Kier alpha value is -0.130. The maximum absolute atomic E-state index is 11.2. The van der Waals surface area contributed by atoms with E-state index in [1.54, 1.807) is 0 Å². The van der Waals surface area contributed by atoms with Crippen molar-refractivity contribution in [2.45, 2.75) is 83.0 Å². The Morgan fingerprint density at radius 3 is 2.06 bits per heavy atom. The Morgan fingerprint density at radius 2 is 1.56 bits per heavy atom. The standard InChI is InChI=1S/C13H28O4S/c1-3-5-7-8-10-13(18(15,16)17)11-12(14)9-6-4-2/h12-14H,3-11H2,1-2H3,(H,15,16,17). The normalized spacial score (nSPS) is 15.6. The quantitative estimate of drug-likeness (QED) is 0.450. The van der Waals surface area contributed by atoms with Crippen LogP contribution in [-0.4, -0.2) is 29.4 Å². The highest BCUT2D eigenvalue weighted by molar-refractivity contribution is 7.86. The Kier molecular flexibility index (Phi) is 9.68. The molecule has 0 fully saturated rings. The van der Waals surface area contributed by atoms with Crippen LogP contribution in [0.4, 0.5) is 0 Å². The van der Waals surface area contributed by atoms with Gasteiger partial charge in [-0.2, -0.15) is 8.42 Å². The zero-order chi connectivity index (χ0) is 14.0. The third-order valence-electron chi connectivity index (χ3n) is 3.23. The molecule has 110 valence electrons. The molecule has 18 heavy (non-hydrogen) atoms. The van der Waals surface area contributed by atoms with Gasteiger partial charge < -0.3 is 5.11 Å². The second kappa shape index (κ2) is 9.75. The maximum atomic E-state index is 11.2. The fraction of sp³-hybridized carbons (Fsp3) is 1.00. The molecule has 4 nitrogen and oxygen atoms in total. The molecular weight excluding hydrogens is 252 g/mol. The van der Waals surface area contributed by atoms with E-state index in [0.29, 0.717) is 12.8 Å². The van der Waals surface area contributed by atoms with E-state index in [9.17, 15) is 13.5 Å². The van der Waals surface area contributed by atoms with Crippen molar-refractivity contribution in [1.82, 2.24) is 0 Å². The third kappa shape index (κ3) is 8.89. The fourth-order valence-corrected chi connectivity index (χ4v) is 2.98. The molecule has 0 aliphatic rings. The number of unbranched alkanes of at least 4 members (excludes halogenated alkanes) is 4. The van der Waals surface area contributed by atoms with Crippen molar-refractivity contribution in [2.75, 3.05) is 0 Å². The van der Waals surface area contributed by atoms with Gasteiger partial charge in [-0.25, -0.2) is 0 Å². The summed E-state index contributed by atoms with van der Waals surface area (Å²) in [6, 6.07) is 0. The smallest absolute Gasteiger partial charge is 0.267 e. The lowest BCUT2D eigenvalue weighted by Gasteiger charge is -2.17. The van der Waals surface area contributed by atoms with Crippen LogP contribution in [0.25, 0.3) is 0 Å². The van der Waals surface area contributed by atoms with Gasteiger partial charge >= 0.3 is 0 Å². The van der Waals surface area contributed by atoms with Crippen LogP contribution in [0, 0.1) is 0 Å². The van der Waals surface area contributed by atoms with Crippen molar-refractivity contribution in [3.63, 3.8) is 0 Å². The average Bonchev–Trinajstić information content (AvgIpc) is 2.29. The van der Waals surface area contributed by atoms with Crippen LogP contribution in [0.3, 0.4) is 0 Å². The summed E-state index contributed by atoms with van der Waals surface area (Å²) in [4.78, 5) is 0. The minimum atomic E-state index is -4.03. The van der Waals surface area contributed by atoms with Gasteiger partial charge in [0, 0.05) is 0 Å². The first-order valence-electron chi connectivity index (χ1n) is 7.06. The SMILES string of the molecule is CCCCCCC(CC(O)CCCC)S(=O)(=O)O. The van der Waals surface area contributed by atoms with Gasteiger partial charge in [-0.15, -0.1) is 0 Å². The highest BCUT2D eigenvalue weighted by atomic mass is 32.2. The summed E-state index contributed by atoms with van der Waals surface area (Å²) in [5.41, 5.74) is 0. The van der Waals surface area contributed by atoms with Gasteiger partial charge in [-0.1, -0.05) is 52.4 Å². The Labute approximate surface area is 112 Å². The summed E-state index contributed by atoms with van der Waals surface area (Å²) >= 11 is 0. The molecule has 0 aliphatic carbocycles. The predicted molar refractivity (Wildman–Crippen MR) is 74.2 cm³/mol. The van der Waals surface area contributed by atoms with Crippen LogP contribution in [-0.2, 0) is 10.1 Å². The first-order chi connectivity index (χ1) is 8.41. The molecule has 0 bridgehead atoms. The molecule has 0 aromatic carbocycles. The van der Waals surface area contributed by atoms with Gasteiger partial charge in [-0.3, -0.25) is 4.55 Å². The van der Waals surface area contributed by atoms with Crippen LogP contribution in [0.1, 0.15) is 71.6 Å². The lowest BCUT2D eigenvalue weighted by Crippen LogP contribution is -2.26. The number of hydrogen-bond donors (Lipinski definition) is 2. The van der Waals surface area contributed by atoms with Crippen LogP contribution < -0.4 is 0 Å². The second-order valence-electron chi connectivity index (χ2n) is 5.02. The van der Waals surface area contributed by atoms with Gasteiger partial charge in [0.1, 0.15) is 0 Å². The molecule has 2 unspecified atom stereocenters. The van der Waals surface area contributed by atoms with Crippen molar-refractivity contribution < 1.29 is 18.1 Å². The lowest BCUT2D eigenvalue weighted by atomic mass is 10.0. The minimum absolute atomic E-state index is 0.158. The maximum Gasteiger partial charge on any atom is 0.267 e. The molecule has 0 saturated carbocycles. The molecular formula is C13H28O4S. The Morgan fingerprint density at radius 1 is 0.944 bits per heavy atom.